The first-order valence-corrected chi connectivity index (χ1v) is 9.49. The van der Waals surface area contributed by atoms with Crippen LogP contribution in [0.2, 0.25) is 0 Å². The number of piperidine rings is 1. The van der Waals surface area contributed by atoms with Gasteiger partial charge in [-0.15, -0.1) is 0 Å². The van der Waals surface area contributed by atoms with Crippen molar-refractivity contribution >= 4 is 16.1 Å². The van der Waals surface area contributed by atoms with Crippen molar-refractivity contribution in [1.29, 1.82) is 0 Å². The van der Waals surface area contributed by atoms with Gasteiger partial charge in [0.1, 0.15) is 0 Å². The van der Waals surface area contributed by atoms with Crippen LogP contribution in [0.15, 0.2) is 29.2 Å². The molecule has 6 nitrogen and oxygen atoms in total. The SMILES string of the molecule is CCCNC(=O)NC1CCN(S(=O)(=O)c2ccccc2C)CC1. The number of amides is 2. The van der Waals surface area contributed by atoms with E-state index in [1.54, 1.807) is 25.1 Å². The predicted octanol–water partition coefficient (Wildman–Crippen LogP) is 1.86. The van der Waals surface area contributed by atoms with Gasteiger partial charge in [0.2, 0.25) is 10.0 Å². The van der Waals surface area contributed by atoms with Crippen molar-refractivity contribution < 1.29 is 13.2 Å². The van der Waals surface area contributed by atoms with E-state index < -0.39 is 10.0 Å². The van der Waals surface area contributed by atoms with Crippen molar-refractivity contribution in [2.45, 2.75) is 44.0 Å². The van der Waals surface area contributed by atoms with Gasteiger partial charge in [0.25, 0.3) is 0 Å². The molecular weight excluding hydrogens is 314 g/mol. The number of nitrogens with one attached hydrogen (secondary N) is 2. The number of aryl methyl sites for hydroxylation is 1. The second-order valence-corrected chi connectivity index (χ2v) is 7.75. The average Bonchev–Trinajstić information content (AvgIpc) is 2.53. The predicted molar refractivity (Wildman–Crippen MR) is 89.8 cm³/mol. The van der Waals surface area contributed by atoms with Gasteiger partial charge in [-0.3, -0.25) is 0 Å². The number of hydrogen-bond acceptors (Lipinski definition) is 3. The van der Waals surface area contributed by atoms with Crippen LogP contribution in [-0.2, 0) is 10.0 Å². The Balaban J connectivity index is 1.94. The Morgan fingerprint density at radius 3 is 2.52 bits per heavy atom. The van der Waals surface area contributed by atoms with Gasteiger partial charge in [0.05, 0.1) is 4.90 Å². The van der Waals surface area contributed by atoms with Gasteiger partial charge in [0.15, 0.2) is 0 Å². The molecule has 2 rings (SSSR count). The summed E-state index contributed by atoms with van der Waals surface area (Å²) in [5.74, 6) is 0. The number of urea groups is 1. The first kappa shape index (κ1) is 17.7. The van der Waals surface area contributed by atoms with E-state index in [1.807, 2.05) is 13.0 Å². The standard InChI is InChI=1S/C16H25N3O3S/c1-3-10-17-16(20)18-14-8-11-19(12-9-14)23(21,22)15-7-5-4-6-13(15)2/h4-7,14H,3,8-12H2,1-2H3,(H2,17,18,20). The van der Waals surface area contributed by atoms with E-state index in [-0.39, 0.29) is 12.1 Å². The number of rotatable bonds is 5. The molecule has 23 heavy (non-hydrogen) atoms. The van der Waals surface area contributed by atoms with Crippen LogP contribution in [0.1, 0.15) is 31.7 Å². The van der Waals surface area contributed by atoms with Crippen molar-refractivity contribution in [3.05, 3.63) is 29.8 Å². The number of hydrogen-bond donors (Lipinski definition) is 2. The van der Waals surface area contributed by atoms with E-state index in [0.717, 1.165) is 12.0 Å². The number of carbonyl (C=O) groups excluding carboxylic acids is 1. The van der Waals surface area contributed by atoms with Gasteiger partial charge in [0, 0.05) is 25.7 Å². The van der Waals surface area contributed by atoms with Crippen LogP contribution in [-0.4, -0.2) is 44.4 Å². The Morgan fingerprint density at radius 1 is 1.26 bits per heavy atom. The zero-order valence-electron chi connectivity index (χ0n) is 13.7. The van der Waals surface area contributed by atoms with Crippen LogP contribution in [0.4, 0.5) is 4.79 Å². The molecule has 0 aliphatic carbocycles. The van der Waals surface area contributed by atoms with E-state index in [2.05, 4.69) is 10.6 Å². The Morgan fingerprint density at radius 2 is 1.91 bits per heavy atom. The van der Waals surface area contributed by atoms with Crippen molar-refractivity contribution in [1.82, 2.24) is 14.9 Å². The van der Waals surface area contributed by atoms with E-state index >= 15 is 0 Å². The van der Waals surface area contributed by atoms with Crippen LogP contribution in [0.25, 0.3) is 0 Å². The van der Waals surface area contributed by atoms with Crippen LogP contribution < -0.4 is 10.6 Å². The maximum atomic E-state index is 12.7. The van der Waals surface area contributed by atoms with Gasteiger partial charge in [-0.05, 0) is 37.8 Å². The van der Waals surface area contributed by atoms with Gasteiger partial charge in [-0.25, -0.2) is 13.2 Å². The normalized spacial score (nSPS) is 17.0. The topological polar surface area (TPSA) is 78.5 Å². The number of carbonyl (C=O) groups is 1. The summed E-state index contributed by atoms with van der Waals surface area (Å²) >= 11 is 0. The average molecular weight is 339 g/mol. The maximum Gasteiger partial charge on any atom is 0.315 e. The summed E-state index contributed by atoms with van der Waals surface area (Å²) in [6.45, 7) is 5.30. The Hall–Kier alpha value is -1.60. The zero-order chi connectivity index (χ0) is 16.9. The van der Waals surface area contributed by atoms with Crippen LogP contribution >= 0.6 is 0 Å². The Labute approximate surface area is 138 Å². The monoisotopic (exact) mass is 339 g/mol. The number of benzene rings is 1. The summed E-state index contributed by atoms with van der Waals surface area (Å²) < 4.78 is 26.9. The lowest BCUT2D eigenvalue weighted by atomic mass is 10.1. The van der Waals surface area contributed by atoms with Gasteiger partial charge in [-0.2, -0.15) is 4.31 Å². The fourth-order valence-corrected chi connectivity index (χ4v) is 4.40. The zero-order valence-corrected chi connectivity index (χ0v) is 14.5. The van der Waals surface area contributed by atoms with Crippen molar-refractivity contribution in [3.63, 3.8) is 0 Å². The molecule has 1 fully saturated rings. The van der Waals surface area contributed by atoms with Crippen LogP contribution in [0, 0.1) is 6.92 Å². The molecule has 1 aromatic rings. The molecule has 1 saturated heterocycles. The van der Waals surface area contributed by atoms with Crippen LogP contribution in [0.3, 0.4) is 0 Å². The lowest BCUT2D eigenvalue weighted by Gasteiger charge is -2.31. The molecule has 0 radical (unpaired) electrons. The van der Waals surface area contributed by atoms with E-state index in [4.69, 9.17) is 0 Å². The molecule has 0 aromatic heterocycles. The molecule has 1 aliphatic rings. The second kappa shape index (κ2) is 7.79. The number of sulfonamides is 1. The third-order valence-corrected chi connectivity index (χ3v) is 6.09. The minimum atomic E-state index is -3.45. The van der Waals surface area contributed by atoms with Gasteiger partial charge < -0.3 is 10.6 Å². The third kappa shape index (κ3) is 4.45. The highest BCUT2D eigenvalue weighted by atomic mass is 32.2. The first-order chi connectivity index (χ1) is 10.9. The number of nitrogens with zero attached hydrogens (tertiary/aromatic N) is 1. The van der Waals surface area contributed by atoms with E-state index in [0.29, 0.717) is 37.4 Å². The highest BCUT2D eigenvalue weighted by Gasteiger charge is 2.30. The summed E-state index contributed by atoms with van der Waals surface area (Å²) in [5.41, 5.74) is 0.756. The Bertz CT molecular complexity index is 638. The van der Waals surface area contributed by atoms with Crippen LogP contribution in [0.5, 0.6) is 0 Å². The molecule has 0 bridgehead atoms. The minimum absolute atomic E-state index is 0.0233. The quantitative estimate of drug-likeness (QED) is 0.859. The molecule has 0 spiro atoms. The summed E-state index contributed by atoms with van der Waals surface area (Å²) in [6, 6.07) is 6.88. The van der Waals surface area contributed by atoms with E-state index in [9.17, 15) is 13.2 Å². The summed E-state index contributed by atoms with van der Waals surface area (Å²) in [4.78, 5) is 12.0. The molecule has 2 amide bonds. The van der Waals surface area contributed by atoms with Gasteiger partial charge in [-0.1, -0.05) is 25.1 Å². The minimum Gasteiger partial charge on any atom is -0.338 e. The largest absolute Gasteiger partial charge is 0.338 e. The molecule has 0 saturated carbocycles. The molecule has 7 heteroatoms. The smallest absolute Gasteiger partial charge is 0.315 e. The molecular formula is C16H25N3O3S. The van der Waals surface area contributed by atoms with Crippen molar-refractivity contribution in [3.8, 4) is 0 Å². The molecule has 1 heterocycles. The molecule has 2 N–H and O–H groups in total. The van der Waals surface area contributed by atoms with Crippen molar-refractivity contribution in [2.75, 3.05) is 19.6 Å². The lowest BCUT2D eigenvalue weighted by molar-refractivity contribution is 0.227. The molecule has 0 atom stereocenters. The van der Waals surface area contributed by atoms with Crippen molar-refractivity contribution in [2.24, 2.45) is 0 Å². The highest BCUT2D eigenvalue weighted by molar-refractivity contribution is 7.89. The fraction of sp³-hybridized carbons (Fsp3) is 0.562. The molecule has 1 aromatic carbocycles. The van der Waals surface area contributed by atoms with Gasteiger partial charge >= 0.3 is 6.03 Å². The summed E-state index contributed by atoms with van der Waals surface area (Å²) in [7, 11) is -3.45. The molecule has 128 valence electrons. The highest BCUT2D eigenvalue weighted by Crippen LogP contribution is 2.23. The second-order valence-electron chi connectivity index (χ2n) is 5.84. The molecule has 0 unspecified atom stereocenters. The lowest BCUT2D eigenvalue weighted by Crippen LogP contribution is -2.49. The van der Waals surface area contributed by atoms with E-state index in [1.165, 1.54) is 4.31 Å². The third-order valence-electron chi connectivity index (χ3n) is 4.04. The molecule has 1 aliphatic heterocycles. The Kier molecular flexibility index (Phi) is 6.01. The summed E-state index contributed by atoms with van der Waals surface area (Å²) in [6.07, 6.45) is 2.15. The summed E-state index contributed by atoms with van der Waals surface area (Å²) in [5, 5.41) is 5.68. The maximum absolute atomic E-state index is 12.7. The fourth-order valence-electron chi connectivity index (χ4n) is 2.70. The first-order valence-electron chi connectivity index (χ1n) is 8.05.